The van der Waals surface area contributed by atoms with Crippen LogP contribution in [0.1, 0.15) is 26.7 Å². The van der Waals surface area contributed by atoms with E-state index in [2.05, 4.69) is 6.58 Å². The molecule has 0 heterocycles. The summed E-state index contributed by atoms with van der Waals surface area (Å²) in [7, 11) is -3.32. The van der Waals surface area contributed by atoms with Gasteiger partial charge in [0.05, 0.1) is 0 Å². The molecule has 0 saturated heterocycles. The monoisotopic (exact) mass is 204 g/mol. The molecule has 0 radical (unpaired) electrons. The number of hydrogen-bond acceptors (Lipinski definition) is 3. The van der Waals surface area contributed by atoms with Gasteiger partial charge >= 0.3 is 0 Å². The van der Waals surface area contributed by atoms with Gasteiger partial charge in [-0.25, -0.2) is 8.42 Å². The second-order valence-electron chi connectivity index (χ2n) is 3.53. The summed E-state index contributed by atoms with van der Waals surface area (Å²) in [5, 5.41) is 0. The average Bonchev–Trinajstić information content (AvgIpc) is 1.97. The molecular formula is C9H16O3S. The van der Waals surface area contributed by atoms with E-state index >= 15 is 0 Å². The third-order valence-corrected chi connectivity index (χ3v) is 4.26. The predicted molar refractivity (Wildman–Crippen MR) is 53.4 cm³/mol. The van der Waals surface area contributed by atoms with Gasteiger partial charge in [-0.3, -0.25) is 4.79 Å². The van der Waals surface area contributed by atoms with Crippen molar-refractivity contribution in [3.8, 4) is 0 Å². The van der Waals surface area contributed by atoms with Crippen LogP contribution in [0.3, 0.4) is 0 Å². The largest absolute Gasteiger partial charge is 0.298 e. The molecule has 0 aromatic rings. The lowest BCUT2D eigenvalue weighted by Gasteiger charge is -2.20. The van der Waals surface area contributed by atoms with E-state index < -0.39 is 14.6 Å². The van der Waals surface area contributed by atoms with Crippen molar-refractivity contribution in [1.82, 2.24) is 0 Å². The first kappa shape index (κ1) is 12.4. The molecule has 0 N–H and O–H groups in total. The van der Waals surface area contributed by atoms with Crippen LogP contribution >= 0.6 is 0 Å². The van der Waals surface area contributed by atoms with Gasteiger partial charge in [-0.2, -0.15) is 0 Å². The smallest absolute Gasteiger partial charge is 0.159 e. The van der Waals surface area contributed by atoms with E-state index in [-0.39, 0.29) is 12.2 Å². The van der Waals surface area contributed by atoms with Crippen LogP contribution in [-0.2, 0) is 14.6 Å². The topological polar surface area (TPSA) is 51.2 Å². The van der Waals surface area contributed by atoms with E-state index in [1.54, 1.807) is 6.08 Å². The maximum absolute atomic E-state index is 11.4. The van der Waals surface area contributed by atoms with Crippen molar-refractivity contribution in [1.29, 1.82) is 0 Å². The van der Waals surface area contributed by atoms with Crippen LogP contribution in [0.25, 0.3) is 0 Å². The molecule has 0 aromatic carbocycles. The fourth-order valence-corrected chi connectivity index (χ4v) is 1.26. The lowest BCUT2D eigenvalue weighted by molar-refractivity contribution is -0.120. The molecule has 3 nitrogen and oxygen atoms in total. The SMILES string of the molecule is C=CCCC(=O)C(C)(C)S(C)(=O)=O. The molecule has 0 unspecified atom stereocenters. The molecule has 0 aliphatic heterocycles. The first-order valence-corrected chi connectivity index (χ1v) is 5.96. The summed E-state index contributed by atoms with van der Waals surface area (Å²) in [4.78, 5) is 11.4. The van der Waals surface area contributed by atoms with E-state index in [0.717, 1.165) is 6.26 Å². The fraction of sp³-hybridized carbons (Fsp3) is 0.667. The highest BCUT2D eigenvalue weighted by Crippen LogP contribution is 2.18. The maximum Gasteiger partial charge on any atom is 0.159 e. The van der Waals surface area contributed by atoms with E-state index in [4.69, 9.17) is 0 Å². The molecule has 0 amide bonds. The quantitative estimate of drug-likeness (QED) is 0.635. The Labute approximate surface area is 79.8 Å². The van der Waals surface area contributed by atoms with Crippen molar-refractivity contribution < 1.29 is 13.2 Å². The van der Waals surface area contributed by atoms with Gasteiger partial charge in [0.25, 0.3) is 0 Å². The minimum atomic E-state index is -3.32. The van der Waals surface area contributed by atoms with Gasteiger partial charge in [-0.15, -0.1) is 6.58 Å². The molecule has 13 heavy (non-hydrogen) atoms. The number of hydrogen-bond donors (Lipinski definition) is 0. The molecule has 0 aromatic heterocycles. The number of allylic oxidation sites excluding steroid dienone is 1. The van der Waals surface area contributed by atoms with Gasteiger partial charge < -0.3 is 0 Å². The van der Waals surface area contributed by atoms with E-state index in [1.165, 1.54) is 13.8 Å². The molecule has 76 valence electrons. The number of carbonyl (C=O) groups is 1. The lowest BCUT2D eigenvalue weighted by atomic mass is 10.0. The third kappa shape index (κ3) is 2.95. The summed E-state index contributed by atoms with van der Waals surface area (Å²) in [5.41, 5.74) is 0. The zero-order valence-electron chi connectivity index (χ0n) is 8.33. The summed E-state index contributed by atoms with van der Waals surface area (Å²) in [6, 6.07) is 0. The molecule has 0 atom stereocenters. The molecule has 0 bridgehead atoms. The standard InChI is InChI=1S/C9H16O3S/c1-5-6-7-8(10)9(2,3)13(4,11)12/h5H,1,6-7H2,2-4H3. The summed E-state index contributed by atoms with van der Waals surface area (Å²) < 4.78 is 21.2. The van der Waals surface area contributed by atoms with Crippen molar-refractivity contribution in [3.63, 3.8) is 0 Å². The number of rotatable bonds is 5. The zero-order valence-corrected chi connectivity index (χ0v) is 9.15. The highest BCUT2D eigenvalue weighted by atomic mass is 32.2. The minimum absolute atomic E-state index is 0.240. The Balaban J connectivity index is 4.65. The van der Waals surface area contributed by atoms with Crippen molar-refractivity contribution in [2.24, 2.45) is 0 Å². The Morgan fingerprint density at radius 2 is 1.92 bits per heavy atom. The van der Waals surface area contributed by atoms with Gasteiger partial charge in [-0.1, -0.05) is 6.08 Å². The second-order valence-corrected chi connectivity index (χ2v) is 6.10. The number of ketones is 1. The first-order valence-electron chi connectivity index (χ1n) is 4.07. The first-order chi connectivity index (χ1) is 5.73. The van der Waals surface area contributed by atoms with Crippen LogP contribution in [0.15, 0.2) is 12.7 Å². The number of carbonyl (C=O) groups excluding carboxylic acids is 1. The van der Waals surface area contributed by atoms with Crippen LogP contribution in [-0.4, -0.2) is 25.2 Å². The molecule has 0 aliphatic rings. The second kappa shape index (κ2) is 4.05. The normalized spacial score (nSPS) is 12.5. The lowest BCUT2D eigenvalue weighted by Crippen LogP contribution is -2.39. The van der Waals surface area contributed by atoms with E-state index in [9.17, 15) is 13.2 Å². The third-order valence-electron chi connectivity index (χ3n) is 2.17. The van der Waals surface area contributed by atoms with Gasteiger partial charge in [0.1, 0.15) is 4.75 Å². The summed E-state index contributed by atoms with van der Waals surface area (Å²) in [6.45, 7) is 6.35. The van der Waals surface area contributed by atoms with Gasteiger partial charge in [0, 0.05) is 12.7 Å². The highest BCUT2D eigenvalue weighted by molar-refractivity contribution is 7.92. The minimum Gasteiger partial charge on any atom is -0.298 e. The van der Waals surface area contributed by atoms with Crippen molar-refractivity contribution >= 4 is 15.6 Å². The number of sulfone groups is 1. The van der Waals surface area contributed by atoms with Crippen LogP contribution < -0.4 is 0 Å². The Hall–Kier alpha value is -0.640. The molecule has 0 fully saturated rings. The Bertz CT molecular complexity index is 299. The summed E-state index contributed by atoms with van der Waals surface area (Å²) in [6.07, 6.45) is 3.45. The average molecular weight is 204 g/mol. The van der Waals surface area contributed by atoms with Gasteiger partial charge in [-0.05, 0) is 20.3 Å². The predicted octanol–water partition coefficient (Wildman–Crippen LogP) is 1.34. The van der Waals surface area contributed by atoms with Crippen LogP contribution in [0.5, 0.6) is 0 Å². The van der Waals surface area contributed by atoms with Gasteiger partial charge in [0.2, 0.25) is 0 Å². The maximum atomic E-state index is 11.4. The highest BCUT2D eigenvalue weighted by Gasteiger charge is 2.37. The molecule has 0 spiro atoms. The van der Waals surface area contributed by atoms with Crippen LogP contribution in [0.4, 0.5) is 0 Å². The molecule has 0 saturated carbocycles. The molecule has 0 aliphatic carbocycles. The van der Waals surface area contributed by atoms with E-state index in [0.29, 0.717) is 6.42 Å². The zero-order chi connectivity index (χ0) is 10.7. The fourth-order valence-electron chi connectivity index (χ4n) is 0.741. The van der Waals surface area contributed by atoms with Crippen molar-refractivity contribution in [2.75, 3.05) is 6.26 Å². The van der Waals surface area contributed by atoms with Crippen molar-refractivity contribution in [3.05, 3.63) is 12.7 Å². The summed E-state index contributed by atoms with van der Waals surface area (Å²) in [5.74, 6) is -0.255. The number of Topliss-reactive ketones (excluding diaryl/α,β-unsaturated/α-hetero) is 1. The summed E-state index contributed by atoms with van der Waals surface area (Å²) >= 11 is 0. The Morgan fingerprint density at radius 3 is 2.23 bits per heavy atom. The van der Waals surface area contributed by atoms with E-state index in [1.807, 2.05) is 0 Å². The Morgan fingerprint density at radius 1 is 1.46 bits per heavy atom. The van der Waals surface area contributed by atoms with Crippen LogP contribution in [0.2, 0.25) is 0 Å². The van der Waals surface area contributed by atoms with Crippen molar-refractivity contribution in [2.45, 2.75) is 31.4 Å². The van der Waals surface area contributed by atoms with Crippen LogP contribution in [0, 0.1) is 0 Å². The van der Waals surface area contributed by atoms with Gasteiger partial charge in [0.15, 0.2) is 15.6 Å². The molecular weight excluding hydrogens is 188 g/mol. The Kier molecular flexibility index (Phi) is 3.85. The molecule has 4 heteroatoms. The molecule has 0 rings (SSSR count).